The Balaban J connectivity index is 1.72. The van der Waals surface area contributed by atoms with E-state index in [-0.39, 0.29) is 13.0 Å². The molecule has 0 spiro atoms. The lowest BCUT2D eigenvalue weighted by molar-refractivity contribution is -0.141. The number of nitrogens with zero attached hydrogens (tertiary/aromatic N) is 1. The summed E-state index contributed by atoms with van der Waals surface area (Å²) in [4.78, 5) is 25.1. The van der Waals surface area contributed by atoms with Gasteiger partial charge in [0.2, 0.25) is 0 Å². The highest BCUT2D eigenvalue weighted by molar-refractivity contribution is 5.97. The molecule has 0 radical (unpaired) electrons. The van der Waals surface area contributed by atoms with Crippen molar-refractivity contribution in [1.29, 1.82) is 0 Å². The van der Waals surface area contributed by atoms with E-state index in [1.54, 1.807) is 24.3 Å². The van der Waals surface area contributed by atoms with Crippen molar-refractivity contribution in [1.82, 2.24) is 4.90 Å². The second-order valence-electron chi connectivity index (χ2n) is 6.00. The lowest BCUT2D eigenvalue weighted by Gasteiger charge is -2.21. The number of aliphatic hydroxyl groups excluding tert-OH is 1. The number of aliphatic carboxylic acids is 1. The summed E-state index contributed by atoms with van der Waals surface area (Å²) in [5.74, 6) is -1.00. The fourth-order valence-corrected chi connectivity index (χ4v) is 2.90. The largest absolute Gasteiger partial charge is 0.489 e. The van der Waals surface area contributed by atoms with Crippen LogP contribution < -0.4 is 4.74 Å². The van der Waals surface area contributed by atoms with E-state index in [0.717, 1.165) is 5.56 Å². The molecule has 1 amide bonds. The van der Waals surface area contributed by atoms with Gasteiger partial charge in [-0.1, -0.05) is 36.4 Å². The monoisotopic (exact) mass is 341 g/mol. The number of carboxylic acids is 1. The molecule has 0 aliphatic carbocycles. The van der Waals surface area contributed by atoms with Crippen LogP contribution in [0.25, 0.3) is 0 Å². The number of amides is 1. The van der Waals surface area contributed by atoms with Crippen LogP contribution in [0.3, 0.4) is 0 Å². The molecule has 1 aliphatic heterocycles. The SMILES string of the molecule is O=C(O)[C@@H]1C[C@H](O)CN1C(=O)c1cccc(OCc2ccccc2)c1. The van der Waals surface area contributed by atoms with Gasteiger partial charge in [0, 0.05) is 18.5 Å². The summed E-state index contributed by atoms with van der Waals surface area (Å²) in [6.45, 7) is 0.392. The topological polar surface area (TPSA) is 87.1 Å². The molecule has 130 valence electrons. The molecule has 25 heavy (non-hydrogen) atoms. The number of carbonyl (C=O) groups excluding carboxylic acids is 1. The number of rotatable bonds is 5. The molecule has 0 bridgehead atoms. The van der Waals surface area contributed by atoms with Crippen molar-refractivity contribution < 1.29 is 24.5 Å². The van der Waals surface area contributed by atoms with Gasteiger partial charge in [0.15, 0.2) is 0 Å². The fraction of sp³-hybridized carbons (Fsp3) is 0.263. The summed E-state index contributed by atoms with van der Waals surface area (Å²) in [6, 6.07) is 15.3. The Hall–Kier alpha value is -2.86. The van der Waals surface area contributed by atoms with Crippen LogP contribution in [0.2, 0.25) is 0 Å². The highest BCUT2D eigenvalue weighted by Gasteiger charge is 2.39. The van der Waals surface area contributed by atoms with Gasteiger partial charge in [0.25, 0.3) is 5.91 Å². The number of β-amino-alcohol motifs (C(OH)–C–C–N with tert-alkyl or cyclic N) is 1. The fourth-order valence-electron chi connectivity index (χ4n) is 2.90. The van der Waals surface area contributed by atoms with E-state index < -0.39 is 24.0 Å². The molecular formula is C19H19NO5. The number of likely N-dealkylation sites (tertiary alicyclic amines) is 1. The van der Waals surface area contributed by atoms with Gasteiger partial charge in [0.05, 0.1) is 6.10 Å². The van der Waals surface area contributed by atoms with Crippen LogP contribution >= 0.6 is 0 Å². The van der Waals surface area contributed by atoms with E-state index in [2.05, 4.69) is 0 Å². The van der Waals surface area contributed by atoms with Crippen molar-refractivity contribution in [3.63, 3.8) is 0 Å². The summed E-state index contributed by atoms with van der Waals surface area (Å²) in [5.41, 5.74) is 1.35. The van der Waals surface area contributed by atoms with Crippen molar-refractivity contribution in [2.75, 3.05) is 6.54 Å². The smallest absolute Gasteiger partial charge is 0.326 e. The van der Waals surface area contributed by atoms with E-state index in [1.165, 1.54) is 4.90 Å². The van der Waals surface area contributed by atoms with Crippen molar-refractivity contribution in [3.8, 4) is 5.75 Å². The van der Waals surface area contributed by atoms with Gasteiger partial charge in [-0.25, -0.2) is 4.79 Å². The van der Waals surface area contributed by atoms with E-state index >= 15 is 0 Å². The first-order chi connectivity index (χ1) is 12.0. The van der Waals surface area contributed by atoms with Crippen LogP contribution in [0, 0.1) is 0 Å². The molecule has 1 saturated heterocycles. The number of carboxylic acid groups (broad SMARTS) is 1. The molecule has 1 aliphatic rings. The normalized spacial score (nSPS) is 19.6. The molecule has 2 atom stereocenters. The zero-order valence-corrected chi connectivity index (χ0v) is 13.5. The maximum atomic E-state index is 12.6. The van der Waals surface area contributed by atoms with Gasteiger partial charge >= 0.3 is 5.97 Å². The molecule has 1 fully saturated rings. The van der Waals surface area contributed by atoms with Crippen molar-refractivity contribution in [2.45, 2.75) is 25.2 Å². The summed E-state index contributed by atoms with van der Waals surface area (Å²) >= 11 is 0. The minimum atomic E-state index is -1.11. The Morgan fingerprint density at radius 2 is 1.88 bits per heavy atom. The average molecular weight is 341 g/mol. The van der Waals surface area contributed by atoms with Gasteiger partial charge in [0.1, 0.15) is 18.4 Å². The molecule has 2 aromatic carbocycles. The third kappa shape index (κ3) is 3.97. The van der Waals surface area contributed by atoms with Crippen LogP contribution in [0.5, 0.6) is 5.75 Å². The Morgan fingerprint density at radius 1 is 1.12 bits per heavy atom. The van der Waals surface area contributed by atoms with Crippen molar-refractivity contribution in [2.24, 2.45) is 0 Å². The second kappa shape index (κ2) is 7.36. The average Bonchev–Trinajstić information content (AvgIpc) is 3.02. The summed E-state index contributed by atoms with van der Waals surface area (Å²) < 4.78 is 5.70. The maximum absolute atomic E-state index is 12.6. The summed E-state index contributed by atoms with van der Waals surface area (Å²) in [6.07, 6.45) is -0.770. The Morgan fingerprint density at radius 3 is 2.60 bits per heavy atom. The predicted octanol–water partition coefficient (Wildman–Crippen LogP) is 1.93. The first-order valence-corrected chi connectivity index (χ1v) is 8.03. The molecule has 0 saturated carbocycles. The van der Waals surface area contributed by atoms with Gasteiger partial charge in [-0.3, -0.25) is 4.79 Å². The van der Waals surface area contributed by atoms with Gasteiger partial charge in [-0.15, -0.1) is 0 Å². The molecule has 2 N–H and O–H groups in total. The van der Waals surface area contributed by atoms with Crippen LogP contribution in [-0.2, 0) is 11.4 Å². The summed E-state index contributed by atoms with van der Waals surface area (Å²) in [7, 11) is 0. The molecule has 0 aromatic heterocycles. The van der Waals surface area contributed by atoms with Crippen LogP contribution in [0.4, 0.5) is 0 Å². The van der Waals surface area contributed by atoms with Crippen molar-refractivity contribution >= 4 is 11.9 Å². The first kappa shape index (κ1) is 17.0. The van der Waals surface area contributed by atoms with E-state index in [0.29, 0.717) is 17.9 Å². The number of carbonyl (C=O) groups is 2. The lowest BCUT2D eigenvalue weighted by Crippen LogP contribution is -2.40. The van der Waals surface area contributed by atoms with Crippen LogP contribution in [0.1, 0.15) is 22.3 Å². The van der Waals surface area contributed by atoms with Crippen molar-refractivity contribution in [3.05, 3.63) is 65.7 Å². The highest BCUT2D eigenvalue weighted by atomic mass is 16.5. The molecule has 2 aromatic rings. The molecule has 0 unspecified atom stereocenters. The van der Waals surface area contributed by atoms with Crippen LogP contribution in [-0.4, -0.2) is 45.7 Å². The van der Waals surface area contributed by atoms with Gasteiger partial charge < -0.3 is 19.8 Å². The van der Waals surface area contributed by atoms with E-state index in [4.69, 9.17) is 4.74 Å². The van der Waals surface area contributed by atoms with E-state index in [1.807, 2.05) is 30.3 Å². The number of benzene rings is 2. The first-order valence-electron chi connectivity index (χ1n) is 8.03. The predicted molar refractivity (Wildman–Crippen MR) is 90.3 cm³/mol. The third-order valence-corrected chi connectivity index (χ3v) is 4.15. The summed E-state index contributed by atoms with van der Waals surface area (Å²) in [5, 5.41) is 18.9. The molecule has 6 nitrogen and oxygen atoms in total. The third-order valence-electron chi connectivity index (χ3n) is 4.15. The standard InChI is InChI=1S/C19H19NO5/c21-15-10-17(19(23)24)20(11-15)18(22)14-7-4-8-16(9-14)25-12-13-5-2-1-3-6-13/h1-9,15,17,21H,10-12H2,(H,23,24)/t15-,17-/m0/s1. The number of hydrogen-bond acceptors (Lipinski definition) is 4. The molecule has 6 heteroatoms. The Bertz CT molecular complexity index is 761. The minimum absolute atomic E-state index is 0.0188. The number of aliphatic hydroxyl groups is 1. The zero-order valence-electron chi connectivity index (χ0n) is 13.5. The van der Waals surface area contributed by atoms with Crippen LogP contribution in [0.15, 0.2) is 54.6 Å². The minimum Gasteiger partial charge on any atom is -0.489 e. The maximum Gasteiger partial charge on any atom is 0.326 e. The Labute approximate surface area is 145 Å². The quantitative estimate of drug-likeness (QED) is 0.868. The zero-order chi connectivity index (χ0) is 17.8. The van der Waals surface area contributed by atoms with Gasteiger partial charge in [-0.2, -0.15) is 0 Å². The Kier molecular flexibility index (Phi) is 5.00. The molecule has 3 rings (SSSR count). The highest BCUT2D eigenvalue weighted by Crippen LogP contribution is 2.23. The molecule has 1 heterocycles. The number of hydrogen-bond donors (Lipinski definition) is 2. The molecular weight excluding hydrogens is 322 g/mol. The van der Waals surface area contributed by atoms with Gasteiger partial charge in [-0.05, 0) is 23.8 Å². The second-order valence-corrected chi connectivity index (χ2v) is 6.00. The number of ether oxygens (including phenoxy) is 1. The lowest BCUT2D eigenvalue weighted by atomic mass is 10.1. The van der Waals surface area contributed by atoms with E-state index in [9.17, 15) is 19.8 Å².